The van der Waals surface area contributed by atoms with Gasteiger partial charge < -0.3 is 19.5 Å². The van der Waals surface area contributed by atoms with Crippen molar-refractivity contribution in [2.75, 3.05) is 7.11 Å². The Morgan fingerprint density at radius 3 is 2.53 bits per heavy atom. The molecule has 1 aromatic heterocycles. The number of aromatic nitrogens is 1. The first-order valence-electron chi connectivity index (χ1n) is 12.3. The van der Waals surface area contributed by atoms with Crippen molar-refractivity contribution in [3.05, 3.63) is 65.9 Å². The number of amides is 2. The molecule has 5 rings (SSSR count). The van der Waals surface area contributed by atoms with Crippen LogP contribution in [-0.4, -0.2) is 40.0 Å². The van der Waals surface area contributed by atoms with E-state index in [1.165, 1.54) is 6.42 Å². The van der Waals surface area contributed by atoms with Gasteiger partial charge in [-0.15, -0.1) is 0 Å². The lowest BCUT2D eigenvalue weighted by Gasteiger charge is -2.47. The lowest BCUT2D eigenvalue weighted by molar-refractivity contribution is -0.135. The number of rotatable bonds is 5. The van der Waals surface area contributed by atoms with Crippen molar-refractivity contribution in [2.24, 2.45) is 0 Å². The van der Waals surface area contributed by atoms with E-state index in [1.807, 2.05) is 73.0 Å². The molecule has 6 nitrogen and oxygen atoms in total. The highest BCUT2D eigenvalue weighted by Crippen LogP contribution is 2.39. The van der Waals surface area contributed by atoms with E-state index in [2.05, 4.69) is 5.32 Å². The van der Waals surface area contributed by atoms with Gasteiger partial charge in [0.1, 0.15) is 17.0 Å². The number of fused-ring (bicyclic) bond motifs is 3. The molecule has 1 aliphatic heterocycles. The predicted octanol–water partition coefficient (Wildman–Crippen LogP) is 5.07. The molecule has 1 N–H and O–H groups in total. The summed E-state index contributed by atoms with van der Waals surface area (Å²) in [6, 6.07) is 17.6. The quantitative estimate of drug-likeness (QED) is 0.579. The van der Waals surface area contributed by atoms with Crippen molar-refractivity contribution < 1.29 is 14.3 Å². The van der Waals surface area contributed by atoms with Gasteiger partial charge in [0.15, 0.2) is 0 Å². The Hall–Kier alpha value is -3.28. The summed E-state index contributed by atoms with van der Waals surface area (Å²) >= 11 is 0. The monoisotopic (exact) mass is 459 g/mol. The van der Waals surface area contributed by atoms with Crippen LogP contribution in [-0.2, 0) is 11.3 Å². The Balaban J connectivity index is 1.60. The summed E-state index contributed by atoms with van der Waals surface area (Å²) in [5.74, 6) is 0.527. The summed E-state index contributed by atoms with van der Waals surface area (Å²) in [6.07, 6.45) is 5.49. The molecule has 0 saturated heterocycles. The van der Waals surface area contributed by atoms with Crippen LogP contribution in [0.5, 0.6) is 5.75 Å². The zero-order chi connectivity index (χ0) is 23.9. The van der Waals surface area contributed by atoms with Crippen LogP contribution in [0.4, 0.5) is 0 Å². The highest BCUT2D eigenvalue weighted by Gasteiger charge is 2.50. The molecule has 2 heterocycles. The van der Waals surface area contributed by atoms with E-state index >= 15 is 0 Å². The largest absolute Gasteiger partial charge is 0.497 e. The fraction of sp³-hybridized carbons (Fsp3) is 0.429. The van der Waals surface area contributed by atoms with Crippen LogP contribution >= 0.6 is 0 Å². The van der Waals surface area contributed by atoms with Gasteiger partial charge in [0.05, 0.1) is 25.2 Å². The number of carbonyl (C=O) groups excluding carboxylic acids is 2. The zero-order valence-electron chi connectivity index (χ0n) is 20.2. The topological polar surface area (TPSA) is 63.6 Å². The van der Waals surface area contributed by atoms with Gasteiger partial charge in [0.2, 0.25) is 5.91 Å². The SMILES string of the molecule is COc1ccc2cc3n(c2c1)C[C@](C)(C(=O)NC1CCCCC1)N([C@H](C)c1ccccc1)C3=O. The third kappa shape index (κ3) is 3.75. The minimum Gasteiger partial charge on any atom is -0.497 e. The first kappa shape index (κ1) is 22.5. The van der Waals surface area contributed by atoms with Gasteiger partial charge in [-0.05, 0) is 50.5 Å². The van der Waals surface area contributed by atoms with E-state index < -0.39 is 5.54 Å². The maximum atomic E-state index is 14.1. The summed E-state index contributed by atoms with van der Waals surface area (Å²) in [4.78, 5) is 29.8. The van der Waals surface area contributed by atoms with Gasteiger partial charge in [0, 0.05) is 17.5 Å². The Labute approximate surface area is 200 Å². The molecule has 1 fully saturated rings. The molecule has 178 valence electrons. The molecule has 2 atom stereocenters. The number of nitrogens with one attached hydrogen (secondary N) is 1. The molecule has 0 radical (unpaired) electrons. The minimum atomic E-state index is -1.04. The Morgan fingerprint density at radius 1 is 1.09 bits per heavy atom. The van der Waals surface area contributed by atoms with E-state index in [-0.39, 0.29) is 23.9 Å². The number of benzene rings is 2. The van der Waals surface area contributed by atoms with Gasteiger partial charge in [-0.1, -0.05) is 49.6 Å². The third-order valence-electron chi connectivity index (χ3n) is 7.65. The molecule has 0 spiro atoms. The first-order chi connectivity index (χ1) is 16.4. The molecule has 2 aliphatic rings. The average Bonchev–Trinajstić information content (AvgIpc) is 3.22. The zero-order valence-corrected chi connectivity index (χ0v) is 20.2. The van der Waals surface area contributed by atoms with Crippen LogP contribution in [0.25, 0.3) is 10.9 Å². The molecule has 0 bridgehead atoms. The van der Waals surface area contributed by atoms with Crippen molar-refractivity contribution >= 4 is 22.7 Å². The molecular formula is C28H33N3O3. The Morgan fingerprint density at radius 2 is 1.82 bits per heavy atom. The number of nitrogens with zero attached hydrogens (tertiary/aromatic N) is 2. The Kier molecular flexibility index (Phi) is 5.84. The number of methoxy groups -OCH3 is 1. The lowest BCUT2D eigenvalue weighted by atomic mass is 9.89. The summed E-state index contributed by atoms with van der Waals surface area (Å²) in [5.41, 5.74) is 1.49. The number of carbonyl (C=O) groups is 2. The molecule has 1 saturated carbocycles. The molecule has 1 aliphatic carbocycles. The molecule has 2 aromatic carbocycles. The fourth-order valence-corrected chi connectivity index (χ4v) is 5.69. The van der Waals surface area contributed by atoms with Crippen LogP contribution in [0.3, 0.4) is 0 Å². The van der Waals surface area contributed by atoms with Crippen LogP contribution in [0, 0.1) is 0 Å². The van der Waals surface area contributed by atoms with E-state index in [1.54, 1.807) is 12.0 Å². The summed E-state index contributed by atoms with van der Waals surface area (Å²) < 4.78 is 7.43. The second-order valence-corrected chi connectivity index (χ2v) is 9.88. The van der Waals surface area contributed by atoms with Crippen LogP contribution < -0.4 is 10.1 Å². The number of hydrogen-bond acceptors (Lipinski definition) is 3. The van der Waals surface area contributed by atoms with Gasteiger partial charge in [0.25, 0.3) is 5.91 Å². The van der Waals surface area contributed by atoms with E-state index in [0.717, 1.165) is 47.9 Å². The summed E-state index contributed by atoms with van der Waals surface area (Å²) in [6.45, 7) is 4.32. The van der Waals surface area contributed by atoms with Gasteiger partial charge in [-0.3, -0.25) is 9.59 Å². The van der Waals surface area contributed by atoms with Crippen molar-refractivity contribution in [1.29, 1.82) is 0 Å². The second-order valence-electron chi connectivity index (χ2n) is 9.88. The molecule has 0 unspecified atom stereocenters. The fourth-order valence-electron chi connectivity index (χ4n) is 5.69. The van der Waals surface area contributed by atoms with Gasteiger partial charge in [-0.25, -0.2) is 0 Å². The second kappa shape index (κ2) is 8.82. The molecular weight excluding hydrogens is 426 g/mol. The van der Waals surface area contributed by atoms with Crippen molar-refractivity contribution in [1.82, 2.24) is 14.8 Å². The number of hydrogen-bond donors (Lipinski definition) is 1. The maximum absolute atomic E-state index is 14.1. The predicted molar refractivity (Wildman–Crippen MR) is 133 cm³/mol. The average molecular weight is 460 g/mol. The standard InChI is InChI=1S/C28H33N3O3/c1-19(20-10-6-4-7-11-20)31-26(32)25-16-21-14-15-23(34-3)17-24(21)30(25)18-28(31,2)27(33)29-22-12-8-5-9-13-22/h4,6-7,10-11,14-17,19,22H,5,8-9,12-13,18H2,1-3H3,(H,29,33)/t19-,28-/m1/s1. The normalized spacial score (nSPS) is 21.9. The molecule has 34 heavy (non-hydrogen) atoms. The summed E-state index contributed by atoms with van der Waals surface area (Å²) in [7, 11) is 1.64. The first-order valence-corrected chi connectivity index (χ1v) is 12.3. The Bertz CT molecular complexity index is 1210. The number of ether oxygens (including phenoxy) is 1. The van der Waals surface area contributed by atoms with Crippen molar-refractivity contribution in [2.45, 2.75) is 70.1 Å². The van der Waals surface area contributed by atoms with Crippen LogP contribution in [0.15, 0.2) is 54.6 Å². The lowest BCUT2D eigenvalue weighted by Crippen LogP contribution is -2.65. The molecule has 6 heteroatoms. The highest BCUT2D eigenvalue weighted by molar-refractivity contribution is 6.04. The summed E-state index contributed by atoms with van der Waals surface area (Å²) in [5, 5.41) is 4.27. The van der Waals surface area contributed by atoms with Crippen LogP contribution in [0.1, 0.15) is 68.0 Å². The van der Waals surface area contributed by atoms with E-state index in [4.69, 9.17) is 4.74 Å². The molecule has 3 aromatic rings. The highest BCUT2D eigenvalue weighted by atomic mass is 16.5. The smallest absolute Gasteiger partial charge is 0.271 e. The van der Waals surface area contributed by atoms with Crippen molar-refractivity contribution in [3.8, 4) is 5.75 Å². The van der Waals surface area contributed by atoms with Crippen molar-refractivity contribution in [3.63, 3.8) is 0 Å². The van der Waals surface area contributed by atoms with E-state index in [9.17, 15) is 9.59 Å². The third-order valence-corrected chi connectivity index (χ3v) is 7.65. The van der Waals surface area contributed by atoms with Crippen LogP contribution in [0.2, 0.25) is 0 Å². The maximum Gasteiger partial charge on any atom is 0.271 e. The molecule has 2 amide bonds. The van der Waals surface area contributed by atoms with E-state index in [0.29, 0.717) is 12.2 Å². The van der Waals surface area contributed by atoms with Gasteiger partial charge in [-0.2, -0.15) is 0 Å². The minimum absolute atomic E-state index is 0.0778. The van der Waals surface area contributed by atoms with Gasteiger partial charge >= 0.3 is 0 Å².